The Morgan fingerprint density at radius 1 is 1.19 bits per heavy atom. The Kier molecular flexibility index (Phi) is 9.22. The summed E-state index contributed by atoms with van der Waals surface area (Å²) < 4.78 is 10.8. The first-order chi connectivity index (χ1) is 14.7. The molecule has 2 atom stereocenters. The third-order valence-electron chi connectivity index (χ3n) is 4.96. The Morgan fingerprint density at radius 2 is 1.87 bits per heavy atom. The molecule has 7 nitrogen and oxygen atoms in total. The van der Waals surface area contributed by atoms with Crippen LogP contribution in [0.1, 0.15) is 39.7 Å². The van der Waals surface area contributed by atoms with E-state index in [1.54, 1.807) is 44.4 Å². The van der Waals surface area contributed by atoms with E-state index in [0.29, 0.717) is 25.1 Å². The molecular formula is C23H34N2O5S. The molecule has 0 N–H and O–H groups in total. The van der Waals surface area contributed by atoms with Crippen molar-refractivity contribution in [2.75, 3.05) is 31.7 Å². The summed E-state index contributed by atoms with van der Waals surface area (Å²) in [5.74, 6) is 0.0564. The van der Waals surface area contributed by atoms with Gasteiger partial charge in [-0.05, 0) is 51.7 Å². The quantitative estimate of drug-likeness (QED) is 0.566. The Labute approximate surface area is 189 Å². The second-order valence-electron chi connectivity index (χ2n) is 8.46. The highest BCUT2D eigenvalue weighted by Gasteiger charge is 2.43. The summed E-state index contributed by atoms with van der Waals surface area (Å²) in [4.78, 5) is 42.2. The van der Waals surface area contributed by atoms with Gasteiger partial charge in [-0.2, -0.15) is 11.8 Å². The van der Waals surface area contributed by atoms with Gasteiger partial charge in [0.25, 0.3) is 0 Å². The number of carbonyl (C=O) groups excluding carboxylic acids is 3. The van der Waals surface area contributed by atoms with Gasteiger partial charge in [-0.3, -0.25) is 9.69 Å². The summed E-state index contributed by atoms with van der Waals surface area (Å²) in [5, 5.41) is 0. The Bertz CT molecular complexity index is 750. The predicted octanol–water partition coefficient (Wildman–Crippen LogP) is 3.36. The number of hydrogen-bond acceptors (Lipinski definition) is 6. The van der Waals surface area contributed by atoms with E-state index in [9.17, 15) is 14.4 Å². The van der Waals surface area contributed by atoms with Crippen LogP contribution in [0.5, 0.6) is 0 Å². The van der Waals surface area contributed by atoms with Crippen LogP contribution in [-0.2, 0) is 25.5 Å². The van der Waals surface area contributed by atoms with Gasteiger partial charge in [0.05, 0.1) is 6.61 Å². The van der Waals surface area contributed by atoms with Crippen molar-refractivity contribution in [1.82, 2.24) is 9.80 Å². The van der Waals surface area contributed by atoms with Crippen molar-refractivity contribution in [2.45, 2.75) is 58.2 Å². The number of hydrogen-bond donors (Lipinski definition) is 0. The largest absolute Gasteiger partial charge is 0.464 e. The molecule has 0 radical (unpaired) electrons. The van der Waals surface area contributed by atoms with Crippen molar-refractivity contribution in [2.24, 2.45) is 0 Å². The molecule has 1 aliphatic heterocycles. The van der Waals surface area contributed by atoms with Crippen LogP contribution in [-0.4, -0.2) is 77.2 Å². The number of thioether (sulfide) groups is 1. The second kappa shape index (κ2) is 11.4. The van der Waals surface area contributed by atoms with Crippen molar-refractivity contribution in [3.8, 4) is 0 Å². The molecule has 2 rings (SSSR count). The molecule has 0 unspecified atom stereocenters. The zero-order chi connectivity index (χ0) is 23.0. The van der Waals surface area contributed by atoms with Gasteiger partial charge in [0.1, 0.15) is 17.7 Å². The van der Waals surface area contributed by atoms with Gasteiger partial charge < -0.3 is 14.4 Å². The van der Waals surface area contributed by atoms with E-state index in [4.69, 9.17) is 9.47 Å². The summed E-state index contributed by atoms with van der Waals surface area (Å²) in [5.41, 5.74) is 0.297. The highest BCUT2D eigenvalue weighted by molar-refractivity contribution is 7.98. The van der Waals surface area contributed by atoms with Crippen molar-refractivity contribution in [1.29, 1.82) is 0 Å². The first kappa shape index (κ1) is 25.0. The molecule has 0 spiro atoms. The van der Waals surface area contributed by atoms with Gasteiger partial charge in [0.15, 0.2) is 0 Å². The topological polar surface area (TPSA) is 76.2 Å². The molecule has 0 saturated carbocycles. The molecule has 1 heterocycles. The molecule has 1 fully saturated rings. The van der Waals surface area contributed by atoms with E-state index in [2.05, 4.69) is 0 Å². The third-order valence-corrected chi connectivity index (χ3v) is 5.60. The van der Waals surface area contributed by atoms with Crippen molar-refractivity contribution < 1.29 is 23.9 Å². The first-order valence-electron chi connectivity index (χ1n) is 10.7. The maximum absolute atomic E-state index is 13.5. The van der Waals surface area contributed by atoms with Crippen LogP contribution in [0.2, 0.25) is 0 Å². The number of nitrogens with zero attached hydrogens (tertiary/aromatic N) is 2. The minimum atomic E-state index is -0.729. The van der Waals surface area contributed by atoms with Gasteiger partial charge >= 0.3 is 12.1 Å². The summed E-state index contributed by atoms with van der Waals surface area (Å²) >= 11 is 1.61. The maximum atomic E-state index is 13.5. The van der Waals surface area contributed by atoms with Crippen LogP contribution < -0.4 is 0 Å². The minimum absolute atomic E-state index is 0.236. The highest BCUT2D eigenvalue weighted by atomic mass is 32.2. The number of carbonyl (C=O) groups is 3. The van der Waals surface area contributed by atoms with E-state index in [-0.39, 0.29) is 19.1 Å². The molecular weight excluding hydrogens is 416 g/mol. The molecule has 31 heavy (non-hydrogen) atoms. The van der Waals surface area contributed by atoms with E-state index >= 15 is 0 Å². The molecule has 1 aromatic rings. The number of rotatable bonds is 8. The van der Waals surface area contributed by atoms with Gasteiger partial charge in [-0.25, -0.2) is 9.59 Å². The third kappa shape index (κ3) is 7.16. The maximum Gasteiger partial charge on any atom is 0.411 e. The summed E-state index contributed by atoms with van der Waals surface area (Å²) in [6.07, 6.45) is 2.33. The molecule has 0 aliphatic carbocycles. The smallest absolute Gasteiger partial charge is 0.411 e. The van der Waals surface area contributed by atoms with Crippen LogP contribution in [0, 0.1) is 0 Å². The van der Waals surface area contributed by atoms with Crippen LogP contribution in [0.3, 0.4) is 0 Å². The van der Waals surface area contributed by atoms with E-state index in [1.807, 2.05) is 36.6 Å². The van der Waals surface area contributed by atoms with Gasteiger partial charge in [0.2, 0.25) is 5.91 Å². The van der Waals surface area contributed by atoms with E-state index in [0.717, 1.165) is 5.56 Å². The second-order valence-corrected chi connectivity index (χ2v) is 9.45. The average Bonchev–Trinajstić information content (AvgIpc) is 2.71. The van der Waals surface area contributed by atoms with Crippen LogP contribution in [0.25, 0.3) is 0 Å². The summed E-state index contributed by atoms with van der Waals surface area (Å²) in [7, 11) is 0. The highest BCUT2D eigenvalue weighted by Crippen LogP contribution is 2.23. The summed E-state index contributed by atoms with van der Waals surface area (Å²) in [6.45, 7) is 7.96. The van der Waals surface area contributed by atoms with Crippen molar-refractivity contribution >= 4 is 29.7 Å². The van der Waals surface area contributed by atoms with Gasteiger partial charge in [-0.1, -0.05) is 30.3 Å². The van der Waals surface area contributed by atoms with Crippen molar-refractivity contribution in [3.63, 3.8) is 0 Å². The normalized spacial score (nSPS) is 18.0. The van der Waals surface area contributed by atoms with Crippen LogP contribution in [0.4, 0.5) is 4.79 Å². The van der Waals surface area contributed by atoms with E-state index < -0.39 is 29.7 Å². The average molecular weight is 451 g/mol. The molecule has 172 valence electrons. The lowest BCUT2D eigenvalue weighted by atomic mass is 10.0. The molecule has 0 bridgehead atoms. The number of amides is 2. The first-order valence-corrected chi connectivity index (χ1v) is 12.1. The fourth-order valence-corrected chi connectivity index (χ4v) is 4.02. The Balaban J connectivity index is 2.28. The monoisotopic (exact) mass is 450 g/mol. The molecule has 8 heteroatoms. The number of ether oxygens (including phenoxy) is 2. The molecule has 1 aliphatic rings. The molecule has 0 aromatic heterocycles. The SMILES string of the molecule is CCOC(=O)[C@H](Cc1ccccc1)N1CCN(C(=O)OC(C)(C)C)[C@@H](CCSC)C1=O. The van der Waals surface area contributed by atoms with Crippen molar-refractivity contribution in [3.05, 3.63) is 35.9 Å². The molecule has 1 saturated heterocycles. The lowest BCUT2D eigenvalue weighted by Crippen LogP contribution is -2.63. The fourth-order valence-electron chi connectivity index (χ4n) is 3.56. The van der Waals surface area contributed by atoms with Crippen LogP contribution in [0.15, 0.2) is 30.3 Å². The minimum Gasteiger partial charge on any atom is -0.464 e. The predicted molar refractivity (Wildman–Crippen MR) is 122 cm³/mol. The fraction of sp³-hybridized carbons (Fsp3) is 0.609. The number of esters is 1. The van der Waals surface area contributed by atoms with E-state index in [1.165, 1.54) is 4.90 Å². The lowest BCUT2D eigenvalue weighted by molar-refractivity contribution is -0.159. The number of piperazine rings is 1. The number of benzene rings is 1. The molecule has 1 aromatic carbocycles. The Hall–Kier alpha value is -2.22. The standard InChI is InChI=1S/C23H34N2O5S/c1-6-29-21(27)19(16-17-10-8-7-9-11-17)24-13-14-25(22(28)30-23(2,3)4)18(20(24)26)12-15-31-5/h7-11,18-19H,6,12-16H2,1-5H3/t18-,19-/m0/s1. The van der Waals surface area contributed by atoms with Crippen LogP contribution >= 0.6 is 11.8 Å². The zero-order valence-corrected chi connectivity index (χ0v) is 19.9. The Morgan fingerprint density at radius 3 is 2.45 bits per heavy atom. The van der Waals surface area contributed by atoms with Gasteiger partial charge in [-0.15, -0.1) is 0 Å². The summed E-state index contributed by atoms with van der Waals surface area (Å²) in [6, 6.07) is 8.18. The molecule has 2 amide bonds. The lowest BCUT2D eigenvalue weighted by Gasteiger charge is -2.43. The zero-order valence-electron chi connectivity index (χ0n) is 19.1. The van der Waals surface area contributed by atoms with Gasteiger partial charge in [0, 0.05) is 19.5 Å².